The van der Waals surface area contributed by atoms with Crippen molar-refractivity contribution in [1.82, 2.24) is 0 Å². The molecule has 7 rings (SSSR count). The quantitative estimate of drug-likeness (QED) is 0.150. The minimum Gasteiger partial charge on any atom is -0.0622 e. The zero-order valence-electron chi connectivity index (χ0n) is 27.2. The van der Waals surface area contributed by atoms with Crippen molar-refractivity contribution >= 4 is 76.2 Å². The molecule has 6 unspecified atom stereocenters. The van der Waals surface area contributed by atoms with Gasteiger partial charge in [0, 0.05) is 0 Å². The topological polar surface area (TPSA) is 0 Å². The van der Waals surface area contributed by atoms with Gasteiger partial charge in [-0.3, -0.25) is 0 Å². The maximum absolute atomic E-state index is 2.51. The number of benzene rings is 6. The molecule has 0 spiro atoms. The van der Waals surface area contributed by atoms with E-state index in [9.17, 15) is 0 Å². The maximum Gasteiger partial charge on any atom is -0.00600 e. The molecule has 6 atom stereocenters. The second kappa shape index (κ2) is 17.7. The first kappa shape index (κ1) is 34.4. The Kier molecular flexibility index (Phi) is 12.7. The van der Waals surface area contributed by atoms with Gasteiger partial charge in [0.2, 0.25) is 0 Å². The third-order valence-electron chi connectivity index (χ3n) is 8.54. The third-order valence-corrected chi connectivity index (χ3v) is 48.3. The van der Waals surface area contributed by atoms with Crippen LogP contribution in [-0.2, 0) is 0 Å². The summed E-state index contributed by atoms with van der Waals surface area (Å²) < 4.78 is 0. The van der Waals surface area contributed by atoms with E-state index in [0.717, 1.165) is 0 Å². The first-order valence-corrected chi connectivity index (χ1v) is 28.9. The molecule has 1 aliphatic heterocycles. The molecule has 1 heterocycles. The van der Waals surface area contributed by atoms with Crippen LogP contribution < -0.4 is 31.8 Å². The van der Waals surface area contributed by atoms with Gasteiger partial charge >= 0.3 is 0 Å². The van der Waals surface area contributed by atoms with Gasteiger partial charge in [-0.05, 0) is 101 Å². The van der Waals surface area contributed by atoms with Crippen molar-refractivity contribution in [1.29, 1.82) is 0 Å². The second-order valence-corrected chi connectivity index (χ2v) is 36.0. The average Bonchev–Trinajstić information content (AvgIpc) is 3.17. The highest BCUT2D eigenvalue weighted by atomic mass is 32.8. The van der Waals surface area contributed by atoms with Gasteiger partial charge in [0.05, 0.1) is 0 Å². The summed E-state index contributed by atoms with van der Waals surface area (Å²) in [6.45, 7) is 0. The van der Waals surface area contributed by atoms with Crippen LogP contribution in [-0.4, -0.2) is 12.3 Å². The van der Waals surface area contributed by atoms with Gasteiger partial charge in [0.15, 0.2) is 0 Å². The molecular weight excluding hydrogens is 690 g/mol. The van der Waals surface area contributed by atoms with Crippen LogP contribution in [0.25, 0.3) is 0 Å². The molecule has 0 saturated carbocycles. The SMILES string of the molecule is c1ccc(P2CCCCCCP(c3ccccc3)P(c3ccccc3)P(c3ccccc3)P(c3ccccc3)P2c2ccccc2)cc1. The molecule has 0 bridgehead atoms. The van der Waals surface area contributed by atoms with E-state index in [1.807, 2.05) is 0 Å². The van der Waals surface area contributed by atoms with E-state index in [0.29, 0.717) is 0 Å². The van der Waals surface area contributed by atoms with Gasteiger partial charge in [-0.2, -0.15) is 0 Å². The molecule has 1 aliphatic rings. The minimum atomic E-state index is -0.579. The largest absolute Gasteiger partial charge is 0.0622 e. The lowest BCUT2D eigenvalue weighted by Crippen LogP contribution is -2.15. The van der Waals surface area contributed by atoms with Crippen LogP contribution in [0.4, 0.5) is 0 Å². The van der Waals surface area contributed by atoms with Crippen molar-refractivity contribution in [2.45, 2.75) is 25.7 Å². The fourth-order valence-electron chi connectivity index (χ4n) is 6.29. The Morgan fingerprint density at radius 3 is 0.729 bits per heavy atom. The van der Waals surface area contributed by atoms with Crippen LogP contribution in [0, 0.1) is 0 Å². The van der Waals surface area contributed by atoms with Gasteiger partial charge in [-0.15, -0.1) is 0 Å². The van der Waals surface area contributed by atoms with Crippen LogP contribution in [0.3, 0.4) is 0 Å². The van der Waals surface area contributed by atoms with Crippen LogP contribution in [0.2, 0.25) is 0 Å². The molecule has 0 aromatic heterocycles. The molecule has 0 nitrogen and oxygen atoms in total. The van der Waals surface area contributed by atoms with Crippen LogP contribution in [0.15, 0.2) is 182 Å². The lowest BCUT2D eigenvalue weighted by molar-refractivity contribution is 0.710. The van der Waals surface area contributed by atoms with E-state index in [2.05, 4.69) is 182 Å². The molecule has 6 aromatic rings. The van der Waals surface area contributed by atoms with Crippen LogP contribution in [0.1, 0.15) is 25.7 Å². The van der Waals surface area contributed by atoms with Crippen LogP contribution >= 0.6 is 44.4 Å². The number of rotatable bonds is 6. The summed E-state index contributed by atoms with van der Waals surface area (Å²) in [5.74, 6) is 0. The Morgan fingerprint density at radius 2 is 0.458 bits per heavy atom. The molecule has 6 heteroatoms. The van der Waals surface area contributed by atoms with Crippen molar-refractivity contribution in [2.24, 2.45) is 0 Å². The fraction of sp³-hybridized carbons (Fsp3) is 0.143. The lowest BCUT2D eigenvalue weighted by Gasteiger charge is -2.45. The Labute approximate surface area is 294 Å². The van der Waals surface area contributed by atoms with Crippen molar-refractivity contribution in [2.75, 3.05) is 12.3 Å². The average molecular weight is 733 g/mol. The van der Waals surface area contributed by atoms with E-state index in [1.54, 1.807) is 31.8 Å². The fourth-order valence-corrected chi connectivity index (χ4v) is 62.0. The summed E-state index contributed by atoms with van der Waals surface area (Å²) in [6.07, 6.45) is 7.96. The van der Waals surface area contributed by atoms with Gasteiger partial charge in [-0.25, -0.2) is 0 Å². The first-order valence-electron chi connectivity index (χ1n) is 16.9. The molecule has 0 amide bonds. The predicted octanol–water partition coefficient (Wildman–Crippen LogP) is 12.0. The van der Waals surface area contributed by atoms with Crippen molar-refractivity contribution in [3.63, 3.8) is 0 Å². The standard InChI is InChI=1S/C42H42P6/c1-2-22-36-44(38-25-11-4-12-26-38)46(40-29-15-6-16-30-40)48(42-33-19-8-20-34-42)47(41-31-17-7-18-32-41)45(39-27-13-5-14-28-39)43(35-21-1)37-23-9-3-10-24-37/h3-20,23-34H,1-2,21-22,35-36H2. The molecule has 0 radical (unpaired) electrons. The number of hydrogen-bond acceptors (Lipinski definition) is 0. The highest BCUT2D eigenvalue weighted by Crippen LogP contribution is 3.05. The summed E-state index contributed by atoms with van der Waals surface area (Å²) in [6, 6.07) is 70.9. The Hall–Kier alpha value is -2.10. The zero-order chi connectivity index (χ0) is 32.4. The van der Waals surface area contributed by atoms with Gasteiger partial charge in [-0.1, -0.05) is 195 Å². The van der Waals surface area contributed by atoms with E-state index in [4.69, 9.17) is 0 Å². The molecule has 6 aromatic carbocycles. The van der Waals surface area contributed by atoms with E-state index < -0.39 is 44.4 Å². The summed E-state index contributed by atoms with van der Waals surface area (Å²) >= 11 is 0. The number of hydrogen-bond donors (Lipinski definition) is 0. The summed E-state index contributed by atoms with van der Waals surface area (Å²) in [5.41, 5.74) is 0. The minimum absolute atomic E-state index is 0.409. The smallest absolute Gasteiger partial charge is 0.00600 e. The van der Waals surface area contributed by atoms with E-state index >= 15 is 0 Å². The normalized spacial score (nSPS) is 23.8. The zero-order valence-corrected chi connectivity index (χ0v) is 32.6. The van der Waals surface area contributed by atoms with Crippen LogP contribution in [0.5, 0.6) is 0 Å². The van der Waals surface area contributed by atoms with E-state index in [-0.39, 0.29) is 0 Å². The highest BCUT2D eigenvalue weighted by molar-refractivity contribution is 8.96. The lowest BCUT2D eigenvalue weighted by atomic mass is 10.2. The summed E-state index contributed by atoms with van der Waals surface area (Å²) in [5, 5.41) is 9.60. The monoisotopic (exact) mass is 732 g/mol. The van der Waals surface area contributed by atoms with Crippen molar-refractivity contribution in [3.05, 3.63) is 182 Å². The Balaban J connectivity index is 1.56. The van der Waals surface area contributed by atoms with Crippen molar-refractivity contribution in [3.8, 4) is 0 Å². The molecule has 1 fully saturated rings. The molecular formula is C42H42P6. The second-order valence-electron chi connectivity index (χ2n) is 11.8. The van der Waals surface area contributed by atoms with Gasteiger partial charge < -0.3 is 0 Å². The molecule has 240 valence electrons. The third kappa shape index (κ3) is 8.26. The molecule has 48 heavy (non-hydrogen) atoms. The molecule has 0 aliphatic carbocycles. The summed E-state index contributed by atoms with van der Waals surface area (Å²) in [4.78, 5) is 0. The molecule has 0 N–H and O–H groups in total. The van der Waals surface area contributed by atoms with E-state index in [1.165, 1.54) is 38.0 Å². The Bertz CT molecular complexity index is 1650. The Morgan fingerprint density at radius 1 is 0.229 bits per heavy atom. The predicted molar refractivity (Wildman–Crippen MR) is 226 cm³/mol. The first-order chi connectivity index (χ1) is 23.9. The van der Waals surface area contributed by atoms with Crippen molar-refractivity contribution < 1.29 is 0 Å². The highest BCUT2D eigenvalue weighted by Gasteiger charge is 2.44. The maximum atomic E-state index is 2.51. The molecule has 1 saturated heterocycles. The van der Waals surface area contributed by atoms with Gasteiger partial charge in [0.25, 0.3) is 0 Å². The van der Waals surface area contributed by atoms with Gasteiger partial charge in [0.1, 0.15) is 0 Å². The summed E-state index contributed by atoms with van der Waals surface area (Å²) in [7, 11) is -3.02.